The predicted molar refractivity (Wildman–Crippen MR) is 93.9 cm³/mol. The van der Waals surface area contributed by atoms with Crippen LogP contribution in [0.25, 0.3) is 0 Å². The number of hydrogen-bond acceptors (Lipinski definition) is 4. The quantitative estimate of drug-likeness (QED) is 0.785. The number of carbonyl (C=O) groups excluding carboxylic acids is 3. The highest BCUT2D eigenvalue weighted by molar-refractivity contribution is 5.94. The molecule has 2 amide bonds. The monoisotopic (exact) mass is 364 g/mol. The van der Waals surface area contributed by atoms with E-state index in [2.05, 4.69) is 5.32 Å². The van der Waals surface area contributed by atoms with Crippen molar-refractivity contribution in [3.63, 3.8) is 0 Å². The fraction of sp³-hybridized carbons (Fsp3) is 0.526. The zero-order valence-electron chi connectivity index (χ0n) is 15.2. The predicted octanol–water partition coefficient (Wildman–Crippen LogP) is 2.14. The SMILES string of the molecule is CCCNC(=O)C(C)OC(=O)C1CCN(C(=O)c2ccc(F)cc2)CC1. The van der Waals surface area contributed by atoms with Gasteiger partial charge in [0, 0.05) is 25.2 Å². The lowest BCUT2D eigenvalue weighted by Crippen LogP contribution is -2.42. The number of likely N-dealkylation sites (tertiary alicyclic amines) is 1. The molecule has 1 saturated heterocycles. The van der Waals surface area contributed by atoms with Crippen molar-refractivity contribution in [1.82, 2.24) is 10.2 Å². The Morgan fingerprint density at radius 1 is 1.23 bits per heavy atom. The largest absolute Gasteiger partial charge is 0.452 e. The number of nitrogens with one attached hydrogen (secondary N) is 1. The van der Waals surface area contributed by atoms with Gasteiger partial charge in [-0.25, -0.2) is 4.39 Å². The van der Waals surface area contributed by atoms with E-state index >= 15 is 0 Å². The second-order valence-electron chi connectivity index (χ2n) is 6.44. The van der Waals surface area contributed by atoms with Crippen LogP contribution in [0.3, 0.4) is 0 Å². The van der Waals surface area contributed by atoms with Crippen LogP contribution in [-0.4, -0.2) is 48.4 Å². The summed E-state index contributed by atoms with van der Waals surface area (Å²) in [7, 11) is 0. The molecule has 1 atom stereocenters. The molecule has 1 aromatic rings. The Morgan fingerprint density at radius 2 is 1.85 bits per heavy atom. The minimum Gasteiger partial charge on any atom is -0.452 e. The van der Waals surface area contributed by atoms with Gasteiger partial charge in [0.15, 0.2) is 6.10 Å². The van der Waals surface area contributed by atoms with Crippen molar-refractivity contribution in [2.24, 2.45) is 5.92 Å². The highest BCUT2D eigenvalue weighted by Gasteiger charge is 2.30. The molecule has 0 aliphatic carbocycles. The Morgan fingerprint density at radius 3 is 2.42 bits per heavy atom. The third-order valence-corrected chi connectivity index (χ3v) is 4.42. The number of amides is 2. The van der Waals surface area contributed by atoms with E-state index in [0.717, 1.165) is 6.42 Å². The Hall–Kier alpha value is -2.44. The van der Waals surface area contributed by atoms with Gasteiger partial charge in [0.2, 0.25) is 0 Å². The molecule has 1 N–H and O–H groups in total. The highest BCUT2D eigenvalue weighted by Crippen LogP contribution is 2.21. The molecule has 1 fully saturated rings. The van der Waals surface area contributed by atoms with Crippen molar-refractivity contribution in [2.45, 2.75) is 39.2 Å². The number of nitrogens with zero attached hydrogens (tertiary/aromatic N) is 1. The van der Waals surface area contributed by atoms with Gasteiger partial charge < -0.3 is 15.0 Å². The smallest absolute Gasteiger partial charge is 0.309 e. The first-order valence-corrected chi connectivity index (χ1v) is 8.95. The lowest BCUT2D eigenvalue weighted by Gasteiger charge is -2.31. The number of rotatable bonds is 6. The van der Waals surface area contributed by atoms with Crippen LogP contribution < -0.4 is 5.32 Å². The van der Waals surface area contributed by atoms with Crippen LogP contribution >= 0.6 is 0 Å². The first kappa shape index (κ1) is 19.9. The van der Waals surface area contributed by atoms with Gasteiger partial charge in [-0.1, -0.05) is 6.92 Å². The van der Waals surface area contributed by atoms with Crippen molar-refractivity contribution in [3.05, 3.63) is 35.6 Å². The Bertz CT molecular complexity index is 639. The summed E-state index contributed by atoms with van der Waals surface area (Å²) >= 11 is 0. The van der Waals surface area contributed by atoms with Gasteiger partial charge in [-0.05, 0) is 50.5 Å². The first-order chi connectivity index (χ1) is 12.4. The molecule has 1 aliphatic rings. The van der Waals surface area contributed by atoms with Gasteiger partial charge in [0.1, 0.15) is 5.82 Å². The van der Waals surface area contributed by atoms with Gasteiger partial charge in [-0.2, -0.15) is 0 Å². The molecular weight excluding hydrogens is 339 g/mol. The standard InChI is InChI=1S/C19H25FN2O4/c1-3-10-21-17(23)13(2)26-19(25)15-8-11-22(12-9-15)18(24)14-4-6-16(20)7-5-14/h4-7,13,15H,3,8-12H2,1-2H3,(H,21,23). The van der Waals surface area contributed by atoms with E-state index in [1.165, 1.54) is 24.3 Å². The van der Waals surface area contributed by atoms with Crippen LogP contribution in [0.2, 0.25) is 0 Å². The minimum atomic E-state index is -0.826. The molecule has 1 heterocycles. The first-order valence-electron chi connectivity index (χ1n) is 8.95. The average molecular weight is 364 g/mol. The number of hydrogen-bond donors (Lipinski definition) is 1. The third kappa shape index (κ3) is 5.28. The molecule has 1 unspecified atom stereocenters. The molecule has 0 spiro atoms. The summed E-state index contributed by atoms with van der Waals surface area (Å²) < 4.78 is 18.2. The molecule has 26 heavy (non-hydrogen) atoms. The molecule has 7 heteroatoms. The van der Waals surface area contributed by atoms with Crippen LogP contribution in [0.5, 0.6) is 0 Å². The maximum Gasteiger partial charge on any atom is 0.309 e. The average Bonchev–Trinajstić information content (AvgIpc) is 2.66. The molecule has 1 aliphatic heterocycles. The summed E-state index contributed by atoms with van der Waals surface area (Å²) in [5, 5.41) is 2.69. The summed E-state index contributed by atoms with van der Waals surface area (Å²) in [6.45, 7) is 4.89. The van der Waals surface area contributed by atoms with Gasteiger partial charge in [-0.3, -0.25) is 14.4 Å². The summed E-state index contributed by atoms with van der Waals surface area (Å²) in [6.07, 6.45) is 0.949. The number of ether oxygens (including phenoxy) is 1. The normalized spacial score (nSPS) is 16.0. The maximum absolute atomic E-state index is 13.0. The number of piperidine rings is 1. The molecular formula is C19H25FN2O4. The molecule has 0 saturated carbocycles. The summed E-state index contributed by atoms with van der Waals surface area (Å²) in [4.78, 5) is 38.0. The lowest BCUT2D eigenvalue weighted by molar-refractivity contribution is -0.160. The number of esters is 1. The van der Waals surface area contributed by atoms with Crippen LogP contribution in [-0.2, 0) is 14.3 Å². The van der Waals surface area contributed by atoms with Gasteiger partial charge in [0.05, 0.1) is 5.92 Å². The molecule has 1 aromatic carbocycles. The maximum atomic E-state index is 13.0. The summed E-state index contributed by atoms with van der Waals surface area (Å²) in [5.74, 6) is -1.60. The van der Waals surface area contributed by atoms with Gasteiger partial charge >= 0.3 is 5.97 Å². The molecule has 0 radical (unpaired) electrons. The van der Waals surface area contributed by atoms with E-state index in [4.69, 9.17) is 4.74 Å². The van der Waals surface area contributed by atoms with Gasteiger partial charge in [-0.15, -0.1) is 0 Å². The van der Waals surface area contributed by atoms with Crippen LogP contribution in [0.1, 0.15) is 43.5 Å². The molecule has 6 nitrogen and oxygen atoms in total. The van der Waals surface area contributed by atoms with Crippen molar-refractivity contribution in [3.8, 4) is 0 Å². The van der Waals surface area contributed by atoms with E-state index in [9.17, 15) is 18.8 Å². The summed E-state index contributed by atoms with van der Waals surface area (Å²) in [5.41, 5.74) is 0.425. The molecule has 0 bridgehead atoms. The second kappa shape index (κ2) is 9.31. The number of carbonyl (C=O) groups is 3. The van der Waals surface area contributed by atoms with Crippen molar-refractivity contribution >= 4 is 17.8 Å². The summed E-state index contributed by atoms with van der Waals surface area (Å²) in [6, 6.07) is 5.41. The van der Waals surface area contributed by atoms with Crippen LogP contribution in [0.4, 0.5) is 4.39 Å². The van der Waals surface area contributed by atoms with Crippen molar-refractivity contribution in [2.75, 3.05) is 19.6 Å². The Kier molecular flexibility index (Phi) is 7.12. The fourth-order valence-electron chi connectivity index (χ4n) is 2.81. The molecule has 142 valence electrons. The van der Waals surface area contributed by atoms with E-state index < -0.39 is 12.1 Å². The Labute approximate surface area is 152 Å². The van der Waals surface area contributed by atoms with Crippen LogP contribution in [0, 0.1) is 11.7 Å². The highest BCUT2D eigenvalue weighted by atomic mass is 19.1. The lowest BCUT2D eigenvalue weighted by atomic mass is 9.96. The second-order valence-corrected chi connectivity index (χ2v) is 6.44. The fourth-order valence-corrected chi connectivity index (χ4v) is 2.81. The van der Waals surface area contributed by atoms with E-state index in [-0.39, 0.29) is 23.5 Å². The minimum absolute atomic E-state index is 0.177. The van der Waals surface area contributed by atoms with Crippen molar-refractivity contribution in [1.29, 1.82) is 0 Å². The topological polar surface area (TPSA) is 75.7 Å². The van der Waals surface area contributed by atoms with Crippen LogP contribution in [0.15, 0.2) is 24.3 Å². The van der Waals surface area contributed by atoms with E-state index in [1.54, 1.807) is 11.8 Å². The zero-order valence-corrected chi connectivity index (χ0v) is 15.2. The van der Waals surface area contributed by atoms with E-state index in [1.807, 2.05) is 6.92 Å². The molecule has 2 rings (SSSR count). The van der Waals surface area contributed by atoms with Gasteiger partial charge in [0.25, 0.3) is 11.8 Å². The van der Waals surface area contributed by atoms with E-state index in [0.29, 0.717) is 38.0 Å². The Balaban J connectivity index is 1.81. The number of benzene rings is 1. The number of halogens is 1. The zero-order chi connectivity index (χ0) is 19.1. The van der Waals surface area contributed by atoms with Crippen molar-refractivity contribution < 1.29 is 23.5 Å². The molecule has 0 aromatic heterocycles. The third-order valence-electron chi connectivity index (χ3n) is 4.42.